The molecule has 7 nitrogen and oxygen atoms in total. The van der Waals surface area contributed by atoms with Gasteiger partial charge in [0.05, 0.1) is 0 Å². The number of hydrogen-bond donors (Lipinski definition) is 0. The molecule has 43 heavy (non-hydrogen) atoms. The van der Waals surface area contributed by atoms with Gasteiger partial charge >= 0.3 is 265 Å². The van der Waals surface area contributed by atoms with E-state index in [4.69, 9.17) is 4.74 Å². The Kier molecular flexibility index (Phi) is 9.73. The van der Waals surface area contributed by atoms with Crippen LogP contribution in [0.3, 0.4) is 0 Å². The number of quaternary nitrogens is 1. The van der Waals surface area contributed by atoms with Gasteiger partial charge in [0.15, 0.2) is 0 Å². The van der Waals surface area contributed by atoms with Crippen molar-refractivity contribution in [3.63, 3.8) is 0 Å². The maximum absolute atomic E-state index is 11.7. The Bertz CT molecular complexity index is 1570. The molecule has 0 aromatic heterocycles. The second-order valence-corrected chi connectivity index (χ2v) is 15.0. The Labute approximate surface area is 264 Å². The van der Waals surface area contributed by atoms with Gasteiger partial charge in [-0.2, -0.15) is 0 Å². The van der Waals surface area contributed by atoms with E-state index in [9.17, 15) is 10.1 Å². The predicted octanol–water partition coefficient (Wildman–Crippen LogP) is 6.65. The SMILES string of the molecule is Cc1cc(C)c(N2CC(C[N+](C)(C)C)N(c3c(C)cc(C)cc3C)[C]2=[Ru]=[CH]c2cc([N+](=O)[O-])ccc2OC(C)C)c(C)c1. The number of hydrogen-bond acceptors (Lipinski definition) is 5. The van der Waals surface area contributed by atoms with Crippen molar-refractivity contribution in [3.8, 4) is 5.75 Å². The van der Waals surface area contributed by atoms with E-state index < -0.39 is 16.2 Å². The molecule has 1 aliphatic rings. The van der Waals surface area contributed by atoms with Crippen molar-refractivity contribution in [2.75, 3.05) is 44.0 Å². The molecule has 0 aliphatic carbocycles. The molecule has 0 spiro atoms. The number of non-ortho nitro benzene ring substituents is 1. The van der Waals surface area contributed by atoms with Crippen molar-refractivity contribution in [3.05, 3.63) is 91.5 Å². The molecule has 1 aliphatic heterocycles. The molecule has 3 aromatic rings. The Balaban J connectivity index is 2.06. The van der Waals surface area contributed by atoms with Gasteiger partial charge < -0.3 is 0 Å². The van der Waals surface area contributed by atoms with Gasteiger partial charge in [-0.3, -0.25) is 0 Å². The van der Waals surface area contributed by atoms with Crippen LogP contribution in [0.1, 0.15) is 52.8 Å². The van der Waals surface area contributed by atoms with Crippen LogP contribution in [0, 0.1) is 51.7 Å². The van der Waals surface area contributed by atoms with Crippen molar-refractivity contribution in [1.29, 1.82) is 0 Å². The first-order valence-electron chi connectivity index (χ1n) is 14.8. The Morgan fingerprint density at radius 1 is 0.930 bits per heavy atom. The van der Waals surface area contributed by atoms with Gasteiger partial charge in [-0.1, -0.05) is 0 Å². The van der Waals surface area contributed by atoms with Crippen molar-refractivity contribution >= 4 is 26.0 Å². The van der Waals surface area contributed by atoms with E-state index >= 15 is 0 Å². The van der Waals surface area contributed by atoms with Crippen LogP contribution in [0.25, 0.3) is 0 Å². The Hall–Kier alpha value is -3.22. The van der Waals surface area contributed by atoms with Gasteiger partial charge in [-0.05, 0) is 0 Å². The third kappa shape index (κ3) is 7.48. The van der Waals surface area contributed by atoms with Crippen LogP contribution in [0.5, 0.6) is 5.75 Å². The van der Waals surface area contributed by atoms with Crippen molar-refractivity contribution in [1.82, 2.24) is 0 Å². The van der Waals surface area contributed by atoms with Crippen LogP contribution in [0.2, 0.25) is 0 Å². The van der Waals surface area contributed by atoms with E-state index in [1.807, 2.05) is 13.8 Å². The van der Waals surface area contributed by atoms with E-state index in [-0.39, 0.29) is 22.8 Å². The summed E-state index contributed by atoms with van der Waals surface area (Å²) in [6.45, 7) is 19.0. The van der Waals surface area contributed by atoms with Crippen molar-refractivity contribution in [2.24, 2.45) is 0 Å². The minimum atomic E-state index is -0.521. The minimum absolute atomic E-state index is 0.0406. The number of likely N-dealkylation sites (N-methyl/N-ethyl adjacent to an activating group) is 1. The zero-order valence-corrected chi connectivity index (χ0v) is 29.3. The average Bonchev–Trinajstić information content (AvgIpc) is 3.17. The van der Waals surface area contributed by atoms with Gasteiger partial charge in [0.25, 0.3) is 0 Å². The summed E-state index contributed by atoms with van der Waals surface area (Å²) in [5.74, 6) is 0.680. The summed E-state index contributed by atoms with van der Waals surface area (Å²) < 4.78 is 10.4. The van der Waals surface area contributed by atoms with Crippen LogP contribution in [0.15, 0.2) is 42.5 Å². The van der Waals surface area contributed by atoms with E-state index in [0.717, 1.165) is 23.1 Å². The van der Waals surface area contributed by atoms with Gasteiger partial charge in [-0.15, -0.1) is 0 Å². The monoisotopic (exact) mass is 673 g/mol. The van der Waals surface area contributed by atoms with E-state index in [1.165, 1.54) is 55.2 Å². The maximum atomic E-state index is 11.7. The summed E-state index contributed by atoms with van der Waals surface area (Å²) in [6.07, 6.45) is -0.0406. The van der Waals surface area contributed by atoms with E-state index in [1.54, 1.807) is 12.1 Å². The summed E-state index contributed by atoms with van der Waals surface area (Å²) in [7, 11) is 6.78. The second-order valence-electron chi connectivity index (χ2n) is 13.2. The number of ether oxygens (including phenoxy) is 1. The predicted molar refractivity (Wildman–Crippen MR) is 177 cm³/mol. The number of nitrogens with zero attached hydrogens (tertiary/aromatic N) is 4. The zero-order valence-electron chi connectivity index (χ0n) is 27.6. The number of aryl methyl sites for hydroxylation is 6. The number of benzene rings is 3. The quantitative estimate of drug-likeness (QED) is 0.116. The molecule has 1 unspecified atom stereocenters. The van der Waals surface area contributed by atoms with Crippen LogP contribution in [0.4, 0.5) is 17.1 Å². The second kappa shape index (κ2) is 12.8. The molecular formula is C35H47N4O3Ru+. The molecule has 1 fully saturated rings. The summed E-state index contributed by atoms with van der Waals surface area (Å²) in [5, 5.41) is 11.7. The van der Waals surface area contributed by atoms with Crippen LogP contribution in [-0.4, -0.2) is 64.7 Å². The van der Waals surface area contributed by atoms with Crippen molar-refractivity contribution in [2.45, 2.75) is 67.5 Å². The molecule has 3 aromatic carbocycles. The third-order valence-electron chi connectivity index (χ3n) is 7.53. The topological polar surface area (TPSA) is 58.9 Å². The molecule has 1 heterocycles. The van der Waals surface area contributed by atoms with E-state index in [0.29, 0.717) is 5.75 Å². The van der Waals surface area contributed by atoms with Gasteiger partial charge in [0.2, 0.25) is 0 Å². The fourth-order valence-corrected chi connectivity index (χ4v) is 8.58. The number of nitro groups is 1. The molecule has 0 amide bonds. The summed E-state index contributed by atoms with van der Waals surface area (Å²) >= 11 is -0.521. The first kappa shape index (κ1) is 32.7. The van der Waals surface area contributed by atoms with Gasteiger partial charge in [0, 0.05) is 0 Å². The standard InChI is InChI=1S/C25H36N3.C10H11NO3.Ru/c1-17-10-19(3)24(20(4)11-17)26-14-23(15-28(7,8)9)27(16-26)25-21(5)12-18(2)13-22(25)6;1-7(2)14-10-5-4-9(11(12)13)6-8(10)3;/h10-13,23H,14-15H2,1-9H3;3-7H,1-2H3;/q+1;;. The molecule has 8 heteroatoms. The van der Waals surface area contributed by atoms with Crippen LogP contribution in [-0.2, 0) is 16.2 Å². The Morgan fingerprint density at radius 3 is 1.95 bits per heavy atom. The van der Waals surface area contributed by atoms with Crippen LogP contribution < -0.4 is 14.5 Å². The first-order valence-corrected chi connectivity index (χ1v) is 16.7. The van der Waals surface area contributed by atoms with Gasteiger partial charge in [0.1, 0.15) is 0 Å². The number of rotatable bonds is 8. The molecule has 232 valence electrons. The normalized spacial score (nSPS) is 15.4. The molecule has 1 saturated heterocycles. The molecule has 0 radical (unpaired) electrons. The van der Waals surface area contributed by atoms with Gasteiger partial charge in [-0.25, -0.2) is 0 Å². The molecule has 1 atom stereocenters. The molecular weight excluding hydrogens is 625 g/mol. The molecule has 0 bridgehead atoms. The summed E-state index contributed by atoms with van der Waals surface area (Å²) in [4.78, 5) is 16.5. The average molecular weight is 673 g/mol. The third-order valence-corrected chi connectivity index (χ3v) is 9.65. The van der Waals surface area contributed by atoms with Crippen molar-refractivity contribution < 1.29 is 30.4 Å². The molecule has 0 N–H and O–H groups in total. The fourth-order valence-electron chi connectivity index (χ4n) is 6.31. The summed E-state index contributed by atoms with van der Waals surface area (Å²) in [6, 6.07) is 14.3. The first-order chi connectivity index (χ1) is 20.1. The summed E-state index contributed by atoms with van der Waals surface area (Å²) in [5.41, 5.74) is 11.0. The van der Waals surface area contributed by atoms with Crippen LogP contribution >= 0.6 is 0 Å². The molecule has 0 saturated carbocycles. The number of nitro benzene ring substituents is 1. The fraction of sp³-hybridized carbons (Fsp3) is 0.429. The number of anilines is 2. The molecule has 4 rings (SSSR count). The van der Waals surface area contributed by atoms with E-state index in [2.05, 4.69) is 101 Å². The zero-order chi connectivity index (χ0) is 31.8. The Morgan fingerprint density at radius 2 is 1.47 bits per heavy atom.